The van der Waals surface area contributed by atoms with Crippen molar-refractivity contribution in [2.24, 2.45) is 0 Å². The maximum Gasteiger partial charge on any atom is 0.229 e. The summed E-state index contributed by atoms with van der Waals surface area (Å²) >= 11 is 0. The summed E-state index contributed by atoms with van der Waals surface area (Å²) in [5.74, 6) is -1.61. The number of aliphatic hydroxyl groups is 4. The number of phenolic OH excluding ortho intramolecular Hbond substituents is 1. The molecule has 1 aliphatic carbocycles. The highest BCUT2D eigenvalue weighted by molar-refractivity contribution is 6.30. The number of ketones is 2. The van der Waals surface area contributed by atoms with Crippen molar-refractivity contribution in [1.29, 1.82) is 0 Å². The van der Waals surface area contributed by atoms with Gasteiger partial charge in [-0.1, -0.05) is 0 Å². The first-order valence-electron chi connectivity index (χ1n) is 9.80. The lowest BCUT2D eigenvalue weighted by atomic mass is 9.82. The minimum absolute atomic E-state index is 0.0343. The molecule has 2 aromatic carbocycles. The van der Waals surface area contributed by atoms with E-state index in [1.807, 2.05) is 0 Å². The van der Waals surface area contributed by atoms with E-state index in [0.717, 1.165) is 0 Å². The summed E-state index contributed by atoms with van der Waals surface area (Å²) in [7, 11) is 1.35. The number of methoxy groups -OCH3 is 1. The lowest BCUT2D eigenvalue weighted by Gasteiger charge is -2.39. The van der Waals surface area contributed by atoms with Crippen molar-refractivity contribution < 1.29 is 49.3 Å². The molecule has 0 aromatic heterocycles. The zero-order valence-corrected chi connectivity index (χ0v) is 17.2. The molecule has 1 fully saturated rings. The Morgan fingerprint density at radius 1 is 0.938 bits per heavy atom. The lowest BCUT2D eigenvalue weighted by molar-refractivity contribution is -0.277. The van der Waals surface area contributed by atoms with E-state index < -0.39 is 48.9 Å². The fourth-order valence-electron chi connectivity index (χ4n) is 3.96. The van der Waals surface area contributed by atoms with Crippen LogP contribution in [0.4, 0.5) is 0 Å². The van der Waals surface area contributed by atoms with Gasteiger partial charge in [0, 0.05) is 17.2 Å². The van der Waals surface area contributed by atoms with Crippen molar-refractivity contribution in [3.05, 3.63) is 52.1 Å². The summed E-state index contributed by atoms with van der Waals surface area (Å²) in [6.07, 6.45) is -7.84. The predicted molar refractivity (Wildman–Crippen MR) is 107 cm³/mol. The highest BCUT2D eigenvalue weighted by Gasteiger charge is 2.45. The van der Waals surface area contributed by atoms with Crippen LogP contribution in [-0.2, 0) is 4.74 Å². The molecule has 5 atom stereocenters. The number of benzene rings is 2. The molecule has 2 aliphatic rings. The number of phenols is 1. The first-order chi connectivity index (χ1) is 15.2. The highest BCUT2D eigenvalue weighted by atomic mass is 16.7. The normalized spacial score (nSPS) is 27.0. The monoisotopic (exact) mass is 446 g/mol. The molecule has 1 aliphatic heterocycles. The zero-order chi connectivity index (χ0) is 23.3. The quantitative estimate of drug-likeness (QED) is 0.358. The number of fused-ring (bicyclic) bond motifs is 2. The number of ether oxygens (including phenoxy) is 3. The molecule has 0 amide bonds. The summed E-state index contributed by atoms with van der Waals surface area (Å²) in [6, 6.07) is 5.51. The molecule has 170 valence electrons. The number of aliphatic hydroxyl groups excluding tert-OH is 4. The summed E-state index contributed by atoms with van der Waals surface area (Å²) < 4.78 is 16.2. The molecule has 0 spiro atoms. The topological polar surface area (TPSA) is 163 Å². The van der Waals surface area contributed by atoms with E-state index in [4.69, 9.17) is 14.2 Å². The molecular weight excluding hydrogens is 424 g/mol. The number of hydrogen-bond donors (Lipinski definition) is 5. The van der Waals surface area contributed by atoms with Crippen LogP contribution in [0.2, 0.25) is 0 Å². The van der Waals surface area contributed by atoms with Gasteiger partial charge in [-0.2, -0.15) is 0 Å². The fourth-order valence-corrected chi connectivity index (χ4v) is 3.96. The Kier molecular flexibility index (Phi) is 5.65. The molecule has 4 rings (SSSR count). The van der Waals surface area contributed by atoms with E-state index in [1.54, 1.807) is 6.92 Å². The second kappa shape index (κ2) is 8.15. The second-order valence-electron chi connectivity index (χ2n) is 7.73. The van der Waals surface area contributed by atoms with Crippen molar-refractivity contribution in [1.82, 2.24) is 0 Å². The summed E-state index contributed by atoms with van der Waals surface area (Å²) in [5.41, 5.74) is 0.223. The first kappa shape index (κ1) is 22.2. The molecule has 0 unspecified atom stereocenters. The Labute approximate surface area is 182 Å². The third kappa shape index (κ3) is 3.42. The fraction of sp³-hybridized carbons (Fsp3) is 0.364. The zero-order valence-electron chi connectivity index (χ0n) is 17.2. The Bertz CT molecular complexity index is 1090. The molecule has 0 radical (unpaired) electrons. The van der Waals surface area contributed by atoms with Crippen LogP contribution in [-0.4, -0.2) is 81.5 Å². The van der Waals surface area contributed by atoms with E-state index in [9.17, 15) is 35.1 Å². The average molecular weight is 446 g/mol. The standard InChI is InChI=1S/C22H22O10/c1-8-3-10-15(12(24)4-8)19(27)16-11(17(10)25)5-9(30-2)6-13(16)31-22-21(29)20(28)18(26)14(7-23)32-22/h3-6,14,18,20-24,26,28-29H,7H2,1-2H3/t14-,18-,20+,21-,22-/m0/s1. The predicted octanol–water partition coefficient (Wildman–Crippen LogP) is -0.337. The van der Waals surface area contributed by atoms with Gasteiger partial charge in [-0.3, -0.25) is 9.59 Å². The van der Waals surface area contributed by atoms with Gasteiger partial charge in [0.05, 0.1) is 24.8 Å². The lowest BCUT2D eigenvalue weighted by Crippen LogP contribution is -2.60. The summed E-state index contributed by atoms with van der Waals surface area (Å²) in [5, 5.41) is 50.0. The molecule has 1 saturated heterocycles. The van der Waals surface area contributed by atoms with Crippen LogP contribution in [0.15, 0.2) is 24.3 Å². The number of rotatable bonds is 4. The van der Waals surface area contributed by atoms with Crippen LogP contribution in [0.5, 0.6) is 17.2 Å². The first-order valence-corrected chi connectivity index (χ1v) is 9.80. The Balaban J connectivity index is 1.82. The van der Waals surface area contributed by atoms with Crippen molar-refractivity contribution in [3.8, 4) is 17.2 Å². The Morgan fingerprint density at radius 3 is 2.28 bits per heavy atom. The number of carbonyl (C=O) groups excluding carboxylic acids is 2. The van der Waals surface area contributed by atoms with E-state index in [2.05, 4.69) is 0 Å². The van der Waals surface area contributed by atoms with Crippen LogP contribution in [0.3, 0.4) is 0 Å². The Hall–Kier alpha value is -3.02. The molecular formula is C22H22O10. The van der Waals surface area contributed by atoms with Crippen molar-refractivity contribution >= 4 is 11.6 Å². The molecule has 1 heterocycles. The molecule has 0 saturated carbocycles. The molecule has 5 N–H and O–H groups in total. The minimum atomic E-state index is -1.73. The summed E-state index contributed by atoms with van der Waals surface area (Å²) in [6.45, 7) is 1.01. The van der Waals surface area contributed by atoms with Gasteiger partial charge in [-0.25, -0.2) is 0 Å². The molecule has 2 aromatic rings. The van der Waals surface area contributed by atoms with Gasteiger partial charge in [-0.15, -0.1) is 0 Å². The number of hydrogen-bond acceptors (Lipinski definition) is 10. The SMILES string of the molecule is COc1cc(O[C@H]2O[C@@H](CO)[C@H](O)[C@@H](O)[C@@H]2O)c2c(c1)C(=O)c1cc(C)cc(O)c1C2=O. The largest absolute Gasteiger partial charge is 0.507 e. The minimum Gasteiger partial charge on any atom is -0.507 e. The van der Waals surface area contributed by atoms with Gasteiger partial charge in [0.1, 0.15) is 41.7 Å². The highest BCUT2D eigenvalue weighted by Crippen LogP contribution is 2.40. The number of aromatic hydroxyl groups is 1. The maximum atomic E-state index is 13.3. The van der Waals surface area contributed by atoms with Gasteiger partial charge in [0.25, 0.3) is 0 Å². The Morgan fingerprint density at radius 2 is 1.62 bits per heavy atom. The molecule has 0 bridgehead atoms. The van der Waals surface area contributed by atoms with Crippen LogP contribution >= 0.6 is 0 Å². The molecule has 32 heavy (non-hydrogen) atoms. The van der Waals surface area contributed by atoms with Crippen LogP contribution < -0.4 is 9.47 Å². The van der Waals surface area contributed by atoms with Crippen LogP contribution in [0, 0.1) is 6.92 Å². The molecule has 10 heteroatoms. The van der Waals surface area contributed by atoms with E-state index in [-0.39, 0.29) is 39.5 Å². The average Bonchev–Trinajstić information content (AvgIpc) is 2.76. The number of carbonyl (C=O) groups is 2. The smallest absolute Gasteiger partial charge is 0.229 e. The molecule has 10 nitrogen and oxygen atoms in total. The van der Waals surface area contributed by atoms with E-state index in [1.165, 1.54) is 31.4 Å². The third-order valence-corrected chi connectivity index (χ3v) is 5.61. The maximum absolute atomic E-state index is 13.3. The van der Waals surface area contributed by atoms with E-state index >= 15 is 0 Å². The van der Waals surface area contributed by atoms with Gasteiger partial charge in [0.15, 0.2) is 5.78 Å². The summed E-state index contributed by atoms with van der Waals surface area (Å²) in [4.78, 5) is 26.5. The van der Waals surface area contributed by atoms with Crippen LogP contribution in [0.25, 0.3) is 0 Å². The van der Waals surface area contributed by atoms with Crippen molar-refractivity contribution in [3.63, 3.8) is 0 Å². The van der Waals surface area contributed by atoms with E-state index in [0.29, 0.717) is 5.56 Å². The van der Waals surface area contributed by atoms with Gasteiger partial charge < -0.3 is 39.7 Å². The number of aryl methyl sites for hydroxylation is 1. The van der Waals surface area contributed by atoms with Crippen molar-refractivity contribution in [2.75, 3.05) is 13.7 Å². The second-order valence-corrected chi connectivity index (χ2v) is 7.73. The van der Waals surface area contributed by atoms with Crippen LogP contribution in [0.1, 0.15) is 37.4 Å². The van der Waals surface area contributed by atoms with Crippen molar-refractivity contribution in [2.45, 2.75) is 37.6 Å². The third-order valence-electron chi connectivity index (χ3n) is 5.61. The van der Waals surface area contributed by atoms with Gasteiger partial charge in [-0.05, 0) is 30.7 Å². The van der Waals surface area contributed by atoms with Gasteiger partial charge in [0.2, 0.25) is 12.1 Å². The van der Waals surface area contributed by atoms with Gasteiger partial charge >= 0.3 is 0 Å².